The molecule has 5 N–H and O–H groups in total. The summed E-state index contributed by atoms with van der Waals surface area (Å²) in [7, 11) is 2.16. The second kappa shape index (κ2) is 16.6. The van der Waals surface area contributed by atoms with Crippen LogP contribution in [-0.4, -0.2) is 111 Å². The van der Waals surface area contributed by atoms with E-state index >= 15 is 0 Å². The van der Waals surface area contributed by atoms with Crippen molar-refractivity contribution in [1.29, 1.82) is 0 Å². The van der Waals surface area contributed by atoms with Gasteiger partial charge in [0.1, 0.15) is 42.4 Å². The van der Waals surface area contributed by atoms with Gasteiger partial charge >= 0.3 is 0 Å². The number of ether oxygens (including phenoxy) is 4. The summed E-state index contributed by atoms with van der Waals surface area (Å²) in [5.74, 6) is 11.1. The Balaban J connectivity index is 0.872. The van der Waals surface area contributed by atoms with E-state index in [4.69, 9.17) is 18.9 Å². The summed E-state index contributed by atoms with van der Waals surface area (Å²) in [6.07, 6.45) is 1.79. The standard InChI is InChI=1S/C40H54N2O9/c1-42(21-28-9-5-6-16-41-28)17-7-3-2-4-8-24-10-11-26-20-32-27(19-31(24)26)13-12-25-18-29(14-15-30(25)32)50-39-38(47)36(45)34(23-49-39)51-40-37(46)35(44)33(43)22-48-40/h5-6,9,14-16,18,24,26-27,31-40,43-47H,2-3,7,10-13,17,19-23H2,1H3. The summed E-state index contributed by atoms with van der Waals surface area (Å²) in [6.45, 7) is 1.59. The summed E-state index contributed by atoms with van der Waals surface area (Å²) in [5.41, 5.74) is 3.81. The zero-order valence-electron chi connectivity index (χ0n) is 29.5. The van der Waals surface area contributed by atoms with Crippen molar-refractivity contribution in [3.05, 3.63) is 59.4 Å². The van der Waals surface area contributed by atoms with E-state index in [1.165, 1.54) is 36.8 Å². The van der Waals surface area contributed by atoms with Gasteiger partial charge in [0.15, 0.2) is 6.29 Å². The second-order valence-corrected chi connectivity index (χ2v) is 15.4. The van der Waals surface area contributed by atoms with Crippen LogP contribution in [0.5, 0.6) is 5.75 Å². The van der Waals surface area contributed by atoms with Gasteiger partial charge in [-0.15, -0.1) is 5.92 Å². The van der Waals surface area contributed by atoms with Gasteiger partial charge in [0.25, 0.3) is 0 Å². The predicted molar refractivity (Wildman–Crippen MR) is 187 cm³/mol. The molecule has 3 heterocycles. The van der Waals surface area contributed by atoms with Gasteiger partial charge in [-0.25, -0.2) is 0 Å². The third-order valence-electron chi connectivity index (χ3n) is 12.0. The van der Waals surface area contributed by atoms with E-state index in [1.807, 2.05) is 24.4 Å². The first-order valence-electron chi connectivity index (χ1n) is 18.9. The van der Waals surface area contributed by atoms with Crippen molar-refractivity contribution in [2.45, 2.75) is 119 Å². The number of aliphatic hydroxyl groups excluding tert-OH is 5. The highest BCUT2D eigenvalue weighted by Crippen LogP contribution is 2.55. The van der Waals surface area contributed by atoms with E-state index in [-0.39, 0.29) is 13.2 Å². The zero-order chi connectivity index (χ0) is 35.5. The number of rotatable bonds is 10. The molecule has 0 radical (unpaired) electrons. The van der Waals surface area contributed by atoms with Crippen LogP contribution in [0.15, 0.2) is 42.6 Å². The van der Waals surface area contributed by atoms with Crippen LogP contribution >= 0.6 is 0 Å². The molecule has 0 amide bonds. The molecule has 13 atom stereocenters. The van der Waals surface area contributed by atoms with Crippen LogP contribution in [0.3, 0.4) is 0 Å². The number of nitrogens with zero attached hydrogens (tertiary/aromatic N) is 2. The number of fused-ring (bicyclic) bond motifs is 4. The Kier molecular flexibility index (Phi) is 11.9. The SMILES string of the molecule is CN(CCCCC#CC1CCC2CC3c4ccc(OC5OCC(OC6OCC(O)C(O)C6O)C(O)C5O)cc4CCC3CC12)Cc1ccccn1. The normalized spacial score (nSPS) is 37.5. The fourth-order valence-corrected chi connectivity index (χ4v) is 9.13. The van der Waals surface area contributed by atoms with Gasteiger partial charge in [0.2, 0.25) is 6.29 Å². The largest absolute Gasteiger partial charge is 0.462 e. The lowest BCUT2D eigenvalue weighted by molar-refractivity contribution is -0.320. The molecule has 7 rings (SSSR count). The number of aliphatic hydroxyl groups is 5. The van der Waals surface area contributed by atoms with Crippen LogP contribution in [0.1, 0.15) is 74.1 Å². The molecule has 2 aromatic rings. The van der Waals surface area contributed by atoms with Gasteiger partial charge in [0.05, 0.1) is 18.9 Å². The Morgan fingerprint density at radius 1 is 0.882 bits per heavy atom. The van der Waals surface area contributed by atoms with Crippen LogP contribution in [-0.2, 0) is 27.2 Å². The lowest BCUT2D eigenvalue weighted by Gasteiger charge is -2.43. The molecule has 0 bridgehead atoms. The van der Waals surface area contributed by atoms with Crippen molar-refractivity contribution in [3.8, 4) is 17.6 Å². The first kappa shape index (κ1) is 36.7. The smallest absolute Gasteiger partial charge is 0.228 e. The average molecular weight is 707 g/mol. The Morgan fingerprint density at radius 2 is 1.73 bits per heavy atom. The van der Waals surface area contributed by atoms with E-state index < -0.39 is 49.2 Å². The fraction of sp³-hybridized carbons (Fsp3) is 0.675. The molecule has 3 aliphatic carbocycles. The van der Waals surface area contributed by atoms with Crippen LogP contribution in [0.25, 0.3) is 0 Å². The molecule has 2 saturated heterocycles. The molecule has 13 unspecified atom stereocenters. The quantitative estimate of drug-likeness (QED) is 0.183. The average Bonchev–Trinajstić information content (AvgIpc) is 3.53. The van der Waals surface area contributed by atoms with Crippen LogP contribution in [0.4, 0.5) is 0 Å². The fourth-order valence-electron chi connectivity index (χ4n) is 9.13. The van der Waals surface area contributed by atoms with Crippen molar-refractivity contribution < 1.29 is 44.5 Å². The molecule has 1 aromatic heterocycles. The van der Waals surface area contributed by atoms with E-state index in [0.717, 1.165) is 56.8 Å². The lowest BCUT2D eigenvalue weighted by atomic mass is 9.61. The van der Waals surface area contributed by atoms with Crippen LogP contribution in [0.2, 0.25) is 0 Å². The Morgan fingerprint density at radius 3 is 2.57 bits per heavy atom. The molecule has 278 valence electrons. The number of aromatic nitrogens is 1. The van der Waals surface area contributed by atoms with E-state index in [1.54, 1.807) is 0 Å². The summed E-state index contributed by atoms with van der Waals surface area (Å²) >= 11 is 0. The number of aryl methyl sites for hydroxylation is 1. The summed E-state index contributed by atoms with van der Waals surface area (Å²) in [4.78, 5) is 6.76. The zero-order valence-corrected chi connectivity index (χ0v) is 29.5. The van der Waals surface area contributed by atoms with Crippen molar-refractivity contribution in [2.75, 3.05) is 26.8 Å². The topological polar surface area (TPSA) is 154 Å². The molecule has 2 aliphatic heterocycles. The number of hydrogen-bond donors (Lipinski definition) is 5. The third-order valence-corrected chi connectivity index (χ3v) is 12.0. The minimum atomic E-state index is -1.51. The van der Waals surface area contributed by atoms with Crippen molar-refractivity contribution in [3.63, 3.8) is 0 Å². The van der Waals surface area contributed by atoms with Gasteiger partial charge in [-0.2, -0.15) is 0 Å². The molecule has 11 heteroatoms. The van der Waals surface area contributed by atoms with Crippen molar-refractivity contribution in [2.24, 2.45) is 23.7 Å². The summed E-state index contributed by atoms with van der Waals surface area (Å²) in [6, 6.07) is 12.3. The van der Waals surface area contributed by atoms with Crippen LogP contribution in [0, 0.1) is 35.5 Å². The van der Waals surface area contributed by atoms with E-state index in [2.05, 4.69) is 47.0 Å². The maximum Gasteiger partial charge on any atom is 0.228 e. The van der Waals surface area contributed by atoms with Gasteiger partial charge in [-0.1, -0.05) is 18.1 Å². The number of hydrogen-bond acceptors (Lipinski definition) is 11. The second-order valence-electron chi connectivity index (χ2n) is 15.4. The highest BCUT2D eigenvalue weighted by atomic mass is 16.7. The van der Waals surface area contributed by atoms with Gasteiger partial charge in [-0.3, -0.25) is 4.98 Å². The maximum absolute atomic E-state index is 10.8. The molecule has 51 heavy (non-hydrogen) atoms. The maximum atomic E-state index is 10.8. The highest BCUT2D eigenvalue weighted by molar-refractivity contribution is 5.40. The molecule has 4 fully saturated rings. The first-order chi connectivity index (χ1) is 24.7. The highest BCUT2D eigenvalue weighted by Gasteiger charge is 2.47. The van der Waals surface area contributed by atoms with Gasteiger partial charge in [0, 0.05) is 25.1 Å². The first-order valence-corrected chi connectivity index (χ1v) is 18.9. The van der Waals surface area contributed by atoms with Gasteiger partial charge in [-0.05, 0) is 124 Å². The monoisotopic (exact) mass is 706 g/mol. The molecule has 0 spiro atoms. The summed E-state index contributed by atoms with van der Waals surface area (Å²) < 4.78 is 22.7. The predicted octanol–water partition coefficient (Wildman–Crippen LogP) is 2.75. The molecular weight excluding hydrogens is 652 g/mol. The van der Waals surface area contributed by atoms with Crippen LogP contribution < -0.4 is 4.74 Å². The summed E-state index contributed by atoms with van der Waals surface area (Å²) in [5, 5.41) is 51.4. The van der Waals surface area contributed by atoms with Crippen molar-refractivity contribution >= 4 is 0 Å². The number of pyridine rings is 1. The van der Waals surface area contributed by atoms with Crippen molar-refractivity contribution in [1.82, 2.24) is 9.88 Å². The molecule has 11 nitrogen and oxygen atoms in total. The molecule has 5 aliphatic rings. The molecular formula is C40H54N2O9. The molecule has 1 aromatic carbocycles. The minimum absolute atomic E-state index is 0.123. The number of unbranched alkanes of at least 4 members (excludes halogenated alkanes) is 2. The lowest BCUT2D eigenvalue weighted by Crippen LogP contribution is -2.60. The Bertz CT molecular complexity index is 1500. The Labute approximate surface area is 300 Å². The Hall–Kier alpha value is -2.63. The van der Waals surface area contributed by atoms with E-state index in [0.29, 0.717) is 29.4 Å². The third kappa shape index (κ3) is 8.46. The molecule has 2 saturated carbocycles. The number of benzene rings is 1. The van der Waals surface area contributed by atoms with E-state index in [9.17, 15) is 25.5 Å². The van der Waals surface area contributed by atoms with Gasteiger partial charge < -0.3 is 49.4 Å². The minimum Gasteiger partial charge on any atom is -0.462 e.